The van der Waals surface area contributed by atoms with Gasteiger partial charge in [0.25, 0.3) is 0 Å². The Morgan fingerprint density at radius 3 is 1.06 bits per heavy atom. The van der Waals surface area contributed by atoms with E-state index in [0.29, 0.717) is 6.04 Å². The molecule has 0 heterocycles. The highest BCUT2D eigenvalue weighted by Gasteiger charge is 2.40. The number of unbranched alkanes of at least 4 members (excludes halogenated alkanes) is 33. The van der Waals surface area contributed by atoms with Crippen LogP contribution in [0.4, 0.5) is 0 Å². The number of nitrogens with one attached hydrogen (secondary N) is 1. The summed E-state index contributed by atoms with van der Waals surface area (Å²) < 4.78 is 1.17. The maximum atomic E-state index is 4.12. The van der Waals surface area contributed by atoms with Crippen LogP contribution in [0.1, 0.15) is 272 Å². The summed E-state index contributed by atoms with van der Waals surface area (Å²) in [6, 6.07) is 0.662. The first-order chi connectivity index (χ1) is 26.2. The Balaban J connectivity index is 4.58. The summed E-state index contributed by atoms with van der Waals surface area (Å²) in [5, 5.41) is 4.12. The Morgan fingerprint density at radius 1 is 0.407 bits per heavy atom. The third-order valence-electron chi connectivity index (χ3n) is 13.1. The van der Waals surface area contributed by atoms with Crippen LogP contribution in [-0.2, 0) is 0 Å². The Morgan fingerprint density at radius 2 is 0.704 bits per heavy atom. The van der Waals surface area contributed by atoms with E-state index in [0.717, 1.165) is 6.54 Å². The van der Waals surface area contributed by atoms with Crippen molar-refractivity contribution in [2.75, 3.05) is 47.3 Å². The molecule has 0 aromatic heterocycles. The molecule has 54 heavy (non-hydrogen) atoms. The van der Waals surface area contributed by atoms with Crippen molar-refractivity contribution in [3.63, 3.8) is 0 Å². The van der Waals surface area contributed by atoms with E-state index >= 15 is 0 Å². The molecule has 0 amide bonds. The van der Waals surface area contributed by atoms with Crippen molar-refractivity contribution in [1.29, 1.82) is 0 Å². The van der Waals surface area contributed by atoms with Gasteiger partial charge in [-0.15, -0.1) is 0 Å². The molecule has 1 atom stereocenters. The lowest BCUT2D eigenvalue weighted by Crippen LogP contribution is -2.64. The average Bonchev–Trinajstić information content (AvgIpc) is 3.14. The smallest absolute Gasteiger partial charge is 0.106 e. The minimum absolute atomic E-state index is 0.148. The molecule has 1 unspecified atom stereocenters. The lowest BCUT2D eigenvalue weighted by molar-refractivity contribution is -0.919. The van der Waals surface area contributed by atoms with Gasteiger partial charge < -0.3 is 14.7 Å². The number of hydrogen-bond acceptors (Lipinski definition) is 2. The van der Waals surface area contributed by atoms with E-state index in [1.54, 1.807) is 0 Å². The maximum absolute atomic E-state index is 4.12. The molecule has 326 valence electrons. The van der Waals surface area contributed by atoms with Gasteiger partial charge in [-0.3, -0.25) is 0 Å². The monoisotopic (exact) mass is 763 g/mol. The first kappa shape index (κ1) is 53.9. The fourth-order valence-corrected chi connectivity index (χ4v) is 9.30. The van der Waals surface area contributed by atoms with Crippen molar-refractivity contribution in [1.82, 2.24) is 10.2 Å². The summed E-state index contributed by atoms with van der Waals surface area (Å²) >= 11 is 0. The van der Waals surface area contributed by atoms with E-state index in [9.17, 15) is 0 Å². The molecule has 0 saturated carbocycles. The van der Waals surface area contributed by atoms with Gasteiger partial charge in [0.2, 0.25) is 0 Å². The van der Waals surface area contributed by atoms with Gasteiger partial charge in [-0.25, -0.2) is 0 Å². The highest BCUT2D eigenvalue weighted by atomic mass is 15.4. The normalized spacial score (nSPS) is 13.1. The predicted octanol–water partition coefficient (Wildman–Crippen LogP) is 16.2. The zero-order chi connectivity index (χ0) is 39.9. The summed E-state index contributed by atoms with van der Waals surface area (Å²) in [5.41, 5.74) is 0.148. The largest absolute Gasteiger partial charge is 0.325 e. The van der Waals surface area contributed by atoms with Crippen LogP contribution in [0.2, 0.25) is 0 Å². The van der Waals surface area contributed by atoms with Gasteiger partial charge in [0, 0.05) is 19.5 Å². The van der Waals surface area contributed by atoms with Crippen molar-refractivity contribution in [3.05, 3.63) is 0 Å². The Kier molecular flexibility index (Phi) is 39.6. The van der Waals surface area contributed by atoms with Crippen molar-refractivity contribution in [2.24, 2.45) is 0 Å². The highest BCUT2D eigenvalue weighted by Crippen LogP contribution is 2.27. The quantitative estimate of drug-likeness (QED) is 0.0491. The molecule has 0 aromatic carbocycles. The molecule has 0 aliphatic carbocycles. The van der Waals surface area contributed by atoms with Crippen LogP contribution in [0.5, 0.6) is 0 Å². The molecule has 0 rings (SSSR count). The zero-order valence-electron chi connectivity index (χ0n) is 39.5. The molecule has 1 N–H and O–H groups in total. The Bertz CT molecular complexity index is 718. The number of likely N-dealkylation sites (N-methyl/N-ethyl adjacent to an activating group) is 2. The van der Waals surface area contributed by atoms with Crippen molar-refractivity contribution >= 4 is 0 Å². The van der Waals surface area contributed by atoms with Crippen molar-refractivity contribution in [2.45, 2.75) is 284 Å². The fraction of sp³-hybridized carbons (Fsp3) is 1.00. The standard InChI is InChI=1S/C51H108N3/c1-9-12-15-18-21-24-27-30-33-36-39-42-45-50(54(7,8)49-44-41-38-35-32-29-26-23-20-17-14-11-3)51(4,5)52-46-48-53(6)47-43-40-37-34-31-28-25-22-19-16-13-10-2/h50,52H,9-49H2,1-8H3/q+1. The second-order valence-corrected chi connectivity index (χ2v) is 19.4. The van der Waals surface area contributed by atoms with Gasteiger partial charge in [0.1, 0.15) is 6.04 Å². The second kappa shape index (κ2) is 39.7. The third-order valence-corrected chi connectivity index (χ3v) is 13.1. The highest BCUT2D eigenvalue weighted by molar-refractivity contribution is 4.88. The lowest BCUT2D eigenvalue weighted by Gasteiger charge is -2.47. The van der Waals surface area contributed by atoms with E-state index < -0.39 is 0 Å². The predicted molar refractivity (Wildman–Crippen MR) is 248 cm³/mol. The Labute approximate surface area is 344 Å². The molecular weight excluding hydrogens is 655 g/mol. The number of quaternary nitrogens is 1. The summed E-state index contributed by atoms with van der Waals surface area (Å²) in [6.45, 7) is 16.9. The second-order valence-electron chi connectivity index (χ2n) is 19.4. The summed E-state index contributed by atoms with van der Waals surface area (Å²) in [4.78, 5) is 2.59. The van der Waals surface area contributed by atoms with Gasteiger partial charge in [0.05, 0.1) is 26.2 Å². The summed E-state index contributed by atoms with van der Waals surface area (Å²) in [5.74, 6) is 0. The molecule has 0 bridgehead atoms. The molecule has 0 spiro atoms. The van der Waals surface area contributed by atoms with E-state index in [1.807, 2.05) is 0 Å². The van der Waals surface area contributed by atoms with E-state index in [1.165, 1.54) is 262 Å². The molecule has 0 saturated heterocycles. The van der Waals surface area contributed by atoms with Crippen LogP contribution in [-0.4, -0.2) is 68.3 Å². The minimum atomic E-state index is 0.148. The van der Waals surface area contributed by atoms with E-state index in [2.05, 4.69) is 66.0 Å². The molecule has 0 aliphatic rings. The van der Waals surface area contributed by atoms with Crippen molar-refractivity contribution in [3.8, 4) is 0 Å². The molecule has 0 aromatic rings. The molecular formula is C51H108N3+. The summed E-state index contributed by atoms with van der Waals surface area (Å²) in [7, 11) is 7.48. The van der Waals surface area contributed by atoms with Crippen LogP contribution in [0, 0.1) is 0 Å². The number of nitrogens with zero attached hydrogens (tertiary/aromatic N) is 2. The van der Waals surface area contributed by atoms with Gasteiger partial charge in [0.15, 0.2) is 0 Å². The van der Waals surface area contributed by atoms with E-state index in [-0.39, 0.29) is 5.54 Å². The lowest BCUT2D eigenvalue weighted by atomic mass is 9.86. The minimum Gasteiger partial charge on any atom is -0.325 e. The molecule has 3 heteroatoms. The van der Waals surface area contributed by atoms with Crippen molar-refractivity contribution < 1.29 is 4.48 Å². The van der Waals surface area contributed by atoms with Gasteiger partial charge in [-0.05, 0) is 53.1 Å². The fourth-order valence-electron chi connectivity index (χ4n) is 9.30. The van der Waals surface area contributed by atoms with E-state index in [4.69, 9.17) is 0 Å². The molecule has 0 aliphatic heterocycles. The van der Waals surface area contributed by atoms with Crippen LogP contribution in [0.25, 0.3) is 0 Å². The first-order valence-corrected chi connectivity index (χ1v) is 25.5. The van der Waals surface area contributed by atoms with Gasteiger partial charge >= 0.3 is 0 Å². The molecule has 0 radical (unpaired) electrons. The Hall–Kier alpha value is -0.120. The molecule has 3 nitrogen and oxygen atoms in total. The third kappa shape index (κ3) is 35.1. The van der Waals surface area contributed by atoms with Crippen LogP contribution >= 0.6 is 0 Å². The average molecular weight is 763 g/mol. The number of rotatable bonds is 45. The van der Waals surface area contributed by atoms with Gasteiger partial charge in [-0.2, -0.15) is 0 Å². The van der Waals surface area contributed by atoms with Crippen LogP contribution in [0.15, 0.2) is 0 Å². The summed E-state index contributed by atoms with van der Waals surface area (Å²) in [6.07, 6.45) is 53.0. The first-order valence-electron chi connectivity index (χ1n) is 25.5. The van der Waals surface area contributed by atoms with Gasteiger partial charge in [-0.1, -0.05) is 226 Å². The van der Waals surface area contributed by atoms with Crippen LogP contribution < -0.4 is 5.32 Å². The SMILES string of the molecule is CCCCCCCCCCCCCCC(C(C)(C)NCCN(C)CCCCCCCCCCCCCC)[N+](C)(C)CCCCCCCCCCCCCC. The maximum Gasteiger partial charge on any atom is 0.106 e. The zero-order valence-corrected chi connectivity index (χ0v) is 39.5. The topological polar surface area (TPSA) is 15.3 Å². The number of hydrogen-bond donors (Lipinski definition) is 1. The molecule has 0 fully saturated rings. The van der Waals surface area contributed by atoms with Crippen LogP contribution in [0.3, 0.4) is 0 Å².